The van der Waals surface area contributed by atoms with Gasteiger partial charge in [-0.05, 0) is 39.7 Å². The number of nitrogens with zero attached hydrogens (tertiary/aromatic N) is 4. The number of piperidine rings is 1. The molecule has 0 radical (unpaired) electrons. The van der Waals surface area contributed by atoms with Gasteiger partial charge in [-0.25, -0.2) is 9.67 Å². The molecular weight excluding hydrogens is 308 g/mol. The lowest BCUT2D eigenvalue weighted by atomic mass is 9.97. The minimum absolute atomic E-state index is 0.148. The molecule has 1 N–H and O–H groups in total. The molecule has 1 atom stereocenters. The van der Waals surface area contributed by atoms with Gasteiger partial charge in [0, 0.05) is 24.5 Å². The summed E-state index contributed by atoms with van der Waals surface area (Å²) < 4.78 is 1.83. The van der Waals surface area contributed by atoms with E-state index < -0.39 is 11.9 Å². The van der Waals surface area contributed by atoms with Gasteiger partial charge in [-0.3, -0.25) is 9.59 Å². The second-order valence-corrected chi connectivity index (χ2v) is 6.65. The fraction of sp³-hybridized carbons (Fsp3) is 0.529. The minimum Gasteiger partial charge on any atom is -0.481 e. The van der Waals surface area contributed by atoms with Gasteiger partial charge < -0.3 is 10.0 Å². The Labute approximate surface area is 140 Å². The van der Waals surface area contributed by atoms with Crippen LogP contribution < -0.4 is 0 Å². The number of aliphatic carboxylic acids is 1. The maximum atomic E-state index is 12.8. The van der Waals surface area contributed by atoms with Crippen LogP contribution in [0.3, 0.4) is 0 Å². The molecule has 24 heavy (non-hydrogen) atoms. The van der Waals surface area contributed by atoms with E-state index in [-0.39, 0.29) is 18.5 Å². The summed E-state index contributed by atoms with van der Waals surface area (Å²) in [5, 5.41) is 14.4. The van der Waals surface area contributed by atoms with Crippen LogP contribution in [0.5, 0.6) is 0 Å². The number of hydrogen-bond donors (Lipinski definition) is 1. The fourth-order valence-corrected chi connectivity index (χ4v) is 3.19. The zero-order valence-electron chi connectivity index (χ0n) is 14.2. The van der Waals surface area contributed by atoms with E-state index in [4.69, 9.17) is 0 Å². The highest BCUT2D eigenvalue weighted by Crippen LogP contribution is 2.23. The minimum atomic E-state index is -0.837. The van der Waals surface area contributed by atoms with Crippen molar-refractivity contribution < 1.29 is 14.7 Å². The predicted molar refractivity (Wildman–Crippen MR) is 88.9 cm³/mol. The van der Waals surface area contributed by atoms with Crippen molar-refractivity contribution in [2.45, 2.75) is 39.7 Å². The first-order valence-electron chi connectivity index (χ1n) is 8.25. The highest BCUT2D eigenvalue weighted by atomic mass is 16.4. The lowest BCUT2D eigenvalue weighted by molar-refractivity contribution is -0.143. The summed E-state index contributed by atoms with van der Waals surface area (Å²) in [6.07, 6.45) is 3.05. The SMILES string of the molecule is Cc1nc2c(cnn2C(C)C)cc1C(=O)N1CCC[C@H](C(=O)O)C1. The van der Waals surface area contributed by atoms with Gasteiger partial charge in [0.15, 0.2) is 5.65 Å². The van der Waals surface area contributed by atoms with Crippen molar-refractivity contribution >= 4 is 22.9 Å². The number of carboxylic acid groups (broad SMARTS) is 1. The Balaban J connectivity index is 1.92. The normalized spacial score (nSPS) is 18.3. The van der Waals surface area contributed by atoms with E-state index in [0.717, 1.165) is 11.0 Å². The van der Waals surface area contributed by atoms with E-state index in [1.54, 1.807) is 11.1 Å². The molecule has 0 saturated carbocycles. The molecule has 7 heteroatoms. The van der Waals surface area contributed by atoms with Crippen molar-refractivity contribution in [1.29, 1.82) is 0 Å². The Hall–Kier alpha value is -2.44. The fourth-order valence-electron chi connectivity index (χ4n) is 3.19. The van der Waals surface area contributed by atoms with Gasteiger partial charge in [-0.1, -0.05) is 0 Å². The molecule has 1 fully saturated rings. The van der Waals surface area contributed by atoms with E-state index >= 15 is 0 Å². The summed E-state index contributed by atoms with van der Waals surface area (Å²) in [4.78, 5) is 30.2. The Morgan fingerprint density at radius 1 is 1.38 bits per heavy atom. The molecule has 3 heterocycles. The van der Waals surface area contributed by atoms with E-state index in [1.165, 1.54) is 0 Å². The third-order valence-electron chi connectivity index (χ3n) is 4.54. The number of carbonyl (C=O) groups excluding carboxylic acids is 1. The zero-order valence-corrected chi connectivity index (χ0v) is 14.2. The molecule has 1 amide bonds. The number of pyridine rings is 1. The Morgan fingerprint density at radius 3 is 2.79 bits per heavy atom. The average Bonchev–Trinajstić information content (AvgIpc) is 2.96. The van der Waals surface area contributed by atoms with Gasteiger partial charge in [0.25, 0.3) is 5.91 Å². The van der Waals surface area contributed by atoms with Gasteiger partial charge in [-0.2, -0.15) is 5.10 Å². The molecule has 2 aromatic rings. The molecule has 7 nitrogen and oxygen atoms in total. The lowest BCUT2D eigenvalue weighted by Crippen LogP contribution is -2.42. The molecular formula is C17H22N4O3. The van der Waals surface area contributed by atoms with Gasteiger partial charge in [0.05, 0.1) is 23.4 Å². The van der Waals surface area contributed by atoms with Crippen LogP contribution in [-0.2, 0) is 4.79 Å². The third kappa shape index (κ3) is 2.86. The van der Waals surface area contributed by atoms with Gasteiger partial charge in [-0.15, -0.1) is 0 Å². The second-order valence-electron chi connectivity index (χ2n) is 6.65. The first kappa shape index (κ1) is 16.4. The molecule has 0 aliphatic carbocycles. The number of aromatic nitrogens is 3. The van der Waals surface area contributed by atoms with Crippen LogP contribution in [0.25, 0.3) is 11.0 Å². The van der Waals surface area contributed by atoms with Crippen molar-refractivity contribution in [2.24, 2.45) is 5.92 Å². The zero-order chi connectivity index (χ0) is 17.4. The molecule has 1 aliphatic rings. The summed E-state index contributed by atoms with van der Waals surface area (Å²) in [6.45, 7) is 6.72. The van der Waals surface area contributed by atoms with Crippen LogP contribution in [0.15, 0.2) is 12.3 Å². The molecule has 2 aromatic heterocycles. The van der Waals surface area contributed by atoms with Crippen LogP contribution in [0.1, 0.15) is 48.8 Å². The molecule has 0 spiro atoms. The standard InChI is InChI=1S/C17H22N4O3/c1-10(2)21-15-13(8-18-21)7-14(11(3)19-15)16(22)20-6-4-5-12(9-20)17(23)24/h7-8,10,12H,4-6,9H2,1-3H3,(H,23,24)/t12-/m0/s1. The lowest BCUT2D eigenvalue weighted by Gasteiger charge is -2.31. The maximum Gasteiger partial charge on any atom is 0.308 e. The number of carboxylic acids is 1. The first-order valence-corrected chi connectivity index (χ1v) is 8.25. The summed E-state index contributed by atoms with van der Waals surface area (Å²) in [6, 6.07) is 2.00. The molecule has 3 rings (SSSR count). The second kappa shape index (κ2) is 6.22. The Bertz CT molecular complexity index is 796. The number of aryl methyl sites for hydroxylation is 1. The number of rotatable bonds is 3. The number of fused-ring (bicyclic) bond motifs is 1. The van der Waals surface area contributed by atoms with Crippen molar-refractivity contribution in [3.63, 3.8) is 0 Å². The van der Waals surface area contributed by atoms with E-state index in [9.17, 15) is 14.7 Å². The monoisotopic (exact) mass is 330 g/mol. The Kier molecular flexibility index (Phi) is 4.26. The Morgan fingerprint density at radius 2 is 2.12 bits per heavy atom. The topological polar surface area (TPSA) is 88.3 Å². The third-order valence-corrected chi connectivity index (χ3v) is 4.54. The predicted octanol–water partition coefficient (Wildman–Crippen LogP) is 2.26. The molecule has 1 saturated heterocycles. The number of carbonyl (C=O) groups is 2. The molecule has 0 aromatic carbocycles. The highest BCUT2D eigenvalue weighted by molar-refractivity contribution is 5.98. The number of likely N-dealkylation sites (tertiary alicyclic amines) is 1. The molecule has 0 unspecified atom stereocenters. The average molecular weight is 330 g/mol. The van der Waals surface area contributed by atoms with Crippen molar-refractivity contribution in [3.8, 4) is 0 Å². The number of amides is 1. The summed E-state index contributed by atoms with van der Waals surface area (Å²) in [5.41, 5.74) is 1.94. The van der Waals surface area contributed by atoms with Crippen LogP contribution >= 0.6 is 0 Å². The summed E-state index contributed by atoms with van der Waals surface area (Å²) in [7, 11) is 0. The smallest absolute Gasteiger partial charge is 0.308 e. The quantitative estimate of drug-likeness (QED) is 0.932. The summed E-state index contributed by atoms with van der Waals surface area (Å²) >= 11 is 0. The van der Waals surface area contributed by atoms with Crippen LogP contribution in [0.2, 0.25) is 0 Å². The van der Waals surface area contributed by atoms with E-state index in [2.05, 4.69) is 10.1 Å². The summed E-state index contributed by atoms with van der Waals surface area (Å²) in [5.74, 6) is -1.47. The number of hydrogen-bond acceptors (Lipinski definition) is 4. The first-order chi connectivity index (χ1) is 11.4. The maximum absolute atomic E-state index is 12.8. The van der Waals surface area contributed by atoms with Crippen LogP contribution in [0.4, 0.5) is 0 Å². The highest BCUT2D eigenvalue weighted by Gasteiger charge is 2.29. The molecule has 0 bridgehead atoms. The molecule has 1 aliphatic heterocycles. The van der Waals surface area contributed by atoms with Crippen molar-refractivity contribution in [1.82, 2.24) is 19.7 Å². The van der Waals surface area contributed by atoms with Crippen molar-refractivity contribution in [3.05, 3.63) is 23.5 Å². The van der Waals surface area contributed by atoms with E-state index in [1.807, 2.05) is 31.5 Å². The van der Waals surface area contributed by atoms with E-state index in [0.29, 0.717) is 30.6 Å². The van der Waals surface area contributed by atoms with Gasteiger partial charge in [0.1, 0.15) is 0 Å². The van der Waals surface area contributed by atoms with Crippen molar-refractivity contribution in [2.75, 3.05) is 13.1 Å². The van der Waals surface area contributed by atoms with Gasteiger partial charge >= 0.3 is 5.97 Å². The van der Waals surface area contributed by atoms with Gasteiger partial charge in [0.2, 0.25) is 0 Å². The largest absolute Gasteiger partial charge is 0.481 e. The molecule has 128 valence electrons. The van der Waals surface area contributed by atoms with Crippen LogP contribution in [0, 0.1) is 12.8 Å². The van der Waals surface area contributed by atoms with Crippen LogP contribution in [-0.4, -0.2) is 49.7 Å².